The summed E-state index contributed by atoms with van der Waals surface area (Å²) >= 11 is 0. The Kier molecular flexibility index (Phi) is 6.90. The highest BCUT2D eigenvalue weighted by molar-refractivity contribution is 5.71. The number of methoxy groups -OCH3 is 1. The average Bonchev–Trinajstić information content (AvgIpc) is 3.40. The van der Waals surface area contributed by atoms with Gasteiger partial charge in [-0.1, -0.05) is 13.0 Å². The summed E-state index contributed by atoms with van der Waals surface area (Å²) < 4.78 is 18.2. The number of carboxylic acid groups (broad SMARTS) is 1. The van der Waals surface area contributed by atoms with Gasteiger partial charge in [0.1, 0.15) is 11.5 Å². The first-order chi connectivity index (χ1) is 16.6. The quantitative estimate of drug-likeness (QED) is 0.424. The summed E-state index contributed by atoms with van der Waals surface area (Å²) in [7, 11) is 7.96. The fourth-order valence-corrected chi connectivity index (χ4v) is 4.80. The van der Waals surface area contributed by atoms with Gasteiger partial charge in [-0.15, -0.1) is 0 Å². The van der Waals surface area contributed by atoms with E-state index in [1.807, 2.05) is 31.2 Å². The lowest BCUT2D eigenvalue weighted by molar-refractivity contribution is -0.141. The third-order valence-corrected chi connectivity index (χ3v) is 6.88. The molecule has 0 radical (unpaired) electrons. The van der Waals surface area contributed by atoms with Crippen LogP contribution in [-0.4, -0.2) is 50.9 Å². The maximum Gasteiger partial charge on any atom is 0.306 e. The molecule has 0 saturated carbocycles. The van der Waals surface area contributed by atoms with Crippen molar-refractivity contribution < 1.29 is 23.8 Å². The molecule has 0 spiro atoms. The Morgan fingerprint density at radius 2 is 2.00 bits per heavy atom. The van der Waals surface area contributed by atoms with Gasteiger partial charge in [-0.3, -0.25) is 9.28 Å². The number of ether oxygens (including phenoxy) is 2. The van der Waals surface area contributed by atoms with E-state index < -0.39 is 5.97 Å². The molecule has 186 valence electrons. The highest BCUT2D eigenvalue weighted by atomic mass is 16.5. The molecule has 0 fully saturated rings. The molecule has 7 nitrogen and oxygen atoms in total. The Balaban J connectivity index is 1.43. The summed E-state index contributed by atoms with van der Waals surface area (Å²) in [5, 5.41) is 9.37. The molecule has 35 heavy (non-hydrogen) atoms. The molecule has 0 bridgehead atoms. The third-order valence-electron chi connectivity index (χ3n) is 6.88. The summed E-state index contributed by atoms with van der Waals surface area (Å²) in [4.78, 5) is 16.1. The normalized spacial score (nSPS) is 16.1. The van der Waals surface area contributed by atoms with Crippen LogP contribution in [-0.2, 0) is 17.6 Å². The van der Waals surface area contributed by atoms with Gasteiger partial charge < -0.3 is 19.0 Å². The second-order valence-electron chi connectivity index (χ2n) is 10.2. The maximum absolute atomic E-state index is 11.4. The van der Waals surface area contributed by atoms with E-state index in [0.717, 1.165) is 52.6 Å². The lowest BCUT2D eigenvalue weighted by Crippen LogP contribution is -2.35. The molecule has 1 aliphatic carbocycles. The molecule has 4 rings (SSSR count). The molecule has 0 aliphatic heterocycles. The van der Waals surface area contributed by atoms with E-state index in [1.165, 1.54) is 5.56 Å². The summed E-state index contributed by atoms with van der Waals surface area (Å²) in [6.45, 7) is 4.19. The van der Waals surface area contributed by atoms with Crippen LogP contribution in [0.3, 0.4) is 0 Å². The van der Waals surface area contributed by atoms with Gasteiger partial charge in [-0.25, -0.2) is 4.98 Å². The van der Waals surface area contributed by atoms with Crippen LogP contribution in [0.4, 0.5) is 5.69 Å². The number of fused-ring (bicyclic) bond motifs is 1. The van der Waals surface area contributed by atoms with E-state index in [9.17, 15) is 9.90 Å². The Labute approximate surface area is 206 Å². The van der Waals surface area contributed by atoms with Gasteiger partial charge >= 0.3 is 5.97 Å². The van der Waals surface area contributed by atoms with E-state index in [0.29, 0.717) is 23.4 Å². The third kappa shape index (κ3) is 5.20. The van der Waals surface area contributed by atoms with Gasteiger partial charge in [0.15, 0.2) is 11.4 Å². The van der Waals surface area contributed by atoms with Crippen molar-refractivity contribution in [2.45, 2.75) is 39.0 Å². The van der Waals surface area contributed by atoms with Gasteiger partial charge in [0.25, 0.3) is 0 Å². The largest absolute Gasteiger partial charge is 0.493 e. The van der Waals surface area contributed by atoms with Crippen LogP contribution in [0.15, 0.2) is 40.8 Å². The molecule has 0 saturated heterocycles. The van der Waals surface area contributed by atoms with Crippen LogP contribution in [0.5, 0.6) is 11.5 Å². The lowest BCUT2D eigenvalue weighted by Gasteiger charge is -2.25. The van der Waals surface area contributed by atoms with E-state index in [1.54, 1.807) is 14.0 Å². The second-order valence-corrected chi connectivity index (χ2v) is 10.2. The van der Waals surface area contributed by atoms with Crippen molar-refractivity contribution in [3.05, 3.63) is 59.0 Å². The number of carboxylic acids is 1. The summed E-state index contributed by atoms with van der Waals surface area (Å²) in [5.41, 5.74) is 5.15. The topological polar surface area (TPSA) is 81.8 Å². The molecule has 2 aromatic carbocycles. The van der Waals surface area contributed by atoms with Crippen LogP contribution in [0.2, 0.25) is 0 Å². The standard InChI is InChI=1S/C28H34N2O5/c1-17(28(31)32)22-10-7-19-15-21(9-11-23(19)22)34-14-13-24-18(2)35-27(29-24)20-8-12-26(33-6)25(16-20)30(3,4)5/h8-9,11-12,15-17,22H,7,10,13-14H2,1-6H3/p+1/t17-,22-/m0/s1. The van der Waals surface area contributed by atoms with Crippen molar-refractivity contribution in [3.8, 4) is 23.0 Å². The first-order valence-corrected chi connectivity index (χ1v) is 12.0. The predicted molar refractivity (Wildman–Crippen MR) is 136 cm³/mol. The number of aromatic nitrogens is 1. The fraction of sp³-hybridized carbons (Fsp3) is 0.429. The number of aryl methyl sites for hydroxylation is 2. The van der Waals surface area contributed by atoms with Gasteiger partial charge in [0.2, 0.25) is 5.89 Å². The lowest BCUT2D eigenvalue weighted by atomic mass is 9.89. The number of hydrogen-bond donors (Lipinski definition) is 1. The van der Waals surface area contributed by atoms with Crippen molar-refractivity contribution in [1.29, 1.82) is 0 Å². The number of aliphatic carboxylic acids is 1. The minimum atomic E-state index is -0.742. The Hall–Kier alpha value is -3.32. The minimum Gasteiger partial charge on any atom is -0.493 e. The van der Waals surface area contributed by atoms with E-state index >= 15 is 0 Å². The summed E-state index contributed by atoms with van der Waals surface area (Å²) in [6, 6.07) is 12.0. The SMILES string of the molecule is COc1ccc(-c2nc(CCOc3ccc4c(c3)CC[C@H]4[C@H](C)C(=O)O)c(C)o2)cc1[N+](C)(C)C. The molecule has 0 amide bonds. The maximum atomic E-state index is 11.4. The van der Waals surface area contributed by atoms with Crippen LogP contribution in [0.1, 0.15) is 41.8 Å². The number of quaternary nitrogens is 1. The van der Waals surface area contributed by atoms with Crippen molar-refractivity contribution in [3.63, 3.8) is 0 Å². The van der Waals surface area contributed by atoms with Gasteiger partial charge in [-0.05, 0) is 61.1 Å². The van der Waals surface area contributed by atoms with Crippen molar-refractivity contribution >= 4 is 11.7 Å². The van der Waals surface area contributed by atoms with Crippen molar-refractivity contribution in [2.24, 2.45) is 5.92 Å². The van der Waals surface area contributed by atoms with Gasteiger partial charge in [-0.2, -0.15) is 0 Å². The Morgan fingerprint density at radius 1 is 1.23 bits per heavy atom. The van der Waals surface area contributed by atoms with E-state index in [2.05, 4.69) is 33.3 Å². The predicted octanol–water partition coefficient (Wildman–Crippen LogP) is 5.23. The molecular weight excluding hydrogens is 444 g/mol. The monoisotopic (exact) mass is 479 g/mol. The number of hydrogen-bond acceptors (Lipinski definition) is 5. The van der Waals surface area contributed by atoms with Gasteiger partial charge in [0.05, 0.1) is 46.5 Å². The molecule has 7 heteroatoms. The molecule has 1 N–H and O–H groups in total. The van der Waals surface area contributed by atoms with E-state index in [4.69, 9.17) is 18.9 Å². The molecule has 0 unspecified atom stereocenters. The smallest absolute Gasteiger partial charge is 0.306 e. The van der Waals surface area contributed by atoms with Gasteiger partial charge in [0, 0.05) is 18.1 Å². The van der Waals surface area contributed by atoms with Crippen molar-refractivity contribution in [1.82, 2.24) is 9.47 Å². The summed E-state index contributed by atoms with van der Waals surface area (Å²) in [6.07, 6.45) is 2.38. The second kappa shape index (κ2) is 9.74. The number of nitrogens with zero attached hydrogens (tertiary/aromatic N) is 2. The number of rotatable bonds is 9. The summed E-state index contributed by atoms with van der Waals surface area (Å²) in [5.74, 6) is 1.96. The molecule has 1 heterocycles. The molecule has 1 aromatic heterocycles. The fourth-order valence-electron chi connectivity index (χ4n) is 4.80. The van der Waals surface area contributed by atoms with Crippen LogP contribution in [0.25, 0.3) is 11.5 Å². The molecular formula is C28H35N2O5+. The number of carbonyl (C=O) groups is 1. The van der Waals surface area contributed by atoms with Crippen LogP contribution >= 0.6 is 0 Å². The first kappa shape index (κ1) is 24.8. The Morgan fingerprint density at radius 3 is 2.69 bits per heavy atom. The van der Waals surface area contributed by atoms with Crippen LogP contribution < -0.4 is 14.0 Å². The van der Waals surface area contributed by atoms with E-state index in [-0.39, 0.29) is 11.8 Å². The molecule has 2 atom stereocenters. The zero-order chi connectivity index (χ0) is 25.3. The number of benzene rings is 2. The Bertz CT molecular complexity index is 1220. The van der Waals surface area contributed by atoms with Crippen LogP contribution in [0, 0.1) is 12.8 Å². The zero-order valence-corrected chi connectivity index (χ0v) is 21.4. The van der Waals surface area contributed by atoms with Crippen molar-refractivity contribution in [2.75, 3.05) is 34.9 Å². The first-order valence-electron chi connectivity index (χ1n) is 12.0. The minimum absolute atomic E-state index is 0.0725. The number of oxazole rings is 1. The average molecular weight is 480 g/mol. The zero-order valence-electron chi connectivity index (χ0n) is 21.4. The molecule has 3 aromatic rings. The molecule has 1 aliphatic rings. The highest BCUT2D eigenvalue weighted by Crippen LogP contribution is 2.40. The highest BCUT2D eigenvalue weighted by Gasteiger charge is 2.31.